The quantitative estimate of drug-likeness (QED) is 0.377. The van der Waals surface area contributed by atoms with Crippen molar-refractivity contribution >= 4 is 53.2 Å². The first-order chi connectivity index (χ1) is 10.5. The van der Waals surface area contributed by atoms with Gasteiger partial charge in [0.1, 0.15) is 0 Å². The minimum absolute atomic E-state index is 0.295. The van der Waals surface area contributed by atoms with Crippen LogP contribution in [0.2, 0.25) is 0 Å². The molecule has 1 N–H and O–H groups in total. The summed E-state index contributed by atoms with van der Waals surface area (Å²) in [6, 6.07) is 15.5. The number of thiophene rings is 1. The Morgan fingerprint density at radius 2 is 1.86 bits per heavy atom. The number of benzene rings is 1. The summed E-state index contributed by atoms with van der Waals surface area (Å²) in [5.74, 6) is 1.13. The second-order valence-electron chi connectivity index (χ2n) is 5.99. The highest BCUT2D eigenvalue weighted by Crippen LogP contribution is 2.36. The molecule has 0 amide bonds. The highest BCUT2D eigenvalue weighted by Gasteiger charge is 2.16. The molecule has 0 aliphatic carbocycles. The molecule has 0 aliphatic heterocycles. The van der Waals surface area contributed by atoms with E-state index < -0.39 is 0 Å². The van der Waals surface area contributed by atoms with E-state index in [0.717, 1.165) is 12.3 Å². The Bertz CT molecular complexity index is 563. The summed E-state index contributed by atoms with van der Waals surface area (Å²) < 4.78 is 1.69. The second-order valence-corrected chi connectivity index (χ2v) is 11.2. The molecule has 0 saturated carbocycles. The molecule has 1 nitrogen and oxygen atoms in total. The fourth-order valence-corrected chi connectivity index (χ4v) is 5.58. The van der Waals surface area contributed by atoms with Crippen molar-refractivity contribution in [3.63, 3.8) is 0 Å². The molecule has 1 atom stereocenters. The van der Waals surface area contributed by atoms with Gasteiger partial charge < -0.3 is 5.32 Å². The fraction of sp³-hybridized carbons (Fsp3) is 0.412. The van der Waals surface area contributed by atoms with Gasteiger partial charge in [0.25, 0.3) is 0 Å². The zero-order valence-corrected chi connectivity index (χ0v) is 17.7. The van der Waals surface area contributed by atoms with Crippen LogP contribution in [0.1, 0.15) is 37.3 Å². The summed E-state index contributed by atoms with van der Waals surface area (Å²) in [5.41, 5.74) is 1.34. The zero-order chi connectivity index (χ0) is 16.0. The molecule has 1 aromatic heterocycles. The van der Waals surface area contributed by atoms with Crippen molar-refractivity contribution in [2.24, 2.45) is 0 Å². The van der Waals surface area contributed by atoms with E-state index in [1.165, 1.54) is 14.6 Å². The number of hydrogen-bond acceptors (Lipinski definition) is 4. The lowest BCUT2D eigenvalue weighted by Gasteiger charge is -2.21. The van der Waals surface area contributed by atoms with Crippen molar-refractivity contribution in [1.29, 1.82) is 0 Å². The average molecular weight is 463 g/mol. The lowest BCUT2D eigenvalue weighted by Crippen LogP contribution is -2.25. The van der Waals surface area contributed by atoms with Gasteiger partial charge in [-0.15, -0.1) is 11.3 Å². The predicted octanol–water partition coefficient (Wildman–Crippen LogP) is 6.40. The van der Waals surface area contributed by atoms with Crippen LogP contribution < -0.4 is 5.32 Å². The van der Waals surface area contributed by atoms with Crippen molar-refractivity contribution in [3.8, 4) is 0 Å². The maximum atomic E-state index is 3.74. The lowest BCUT2D eigenvalue weighted by molar-refractivity contribution is 0.641. The SMILES string of the molecule is CC(C)(C)SCCNC(c1ccccc1)c1ccc(SI)s1. The van der Waals surface area contributed by atoms with Crippen LogP contribution >= 0.6 is 53.2 Å². The number of rotatable bonds is 7. The van der Waals surface area contributed by atoms with Crippen molar-refractivity contribution in [2.75, 3.05) is 12.3 Å². The third-order valence-corrected chi connectivity index (χ3v) is 8.41. The van der Waals surface area contributed by atoms with E-state index >= 15 is 0 Å². The second kappa shape index (κ2) is 8.97. The molecule has 0 spiro atoms. The molecule has 2 rings (SSSR count). The van der Waals surface area contributed by atoms with E-state index in [0.29, 0.717) is 10.8 Å². The standard InChI is InChI=1S/C17H22INS3/c1-17(2,3)20-12-11-19-16(13-7-5-4-6-8-13)14-9-10-15(21-14)22-18/h4-10,16,19H,11-12H2,1-3H3. The third kappa shape index (κ3) is 6.07. The first-order valence-corrected chi connectivity index (χ1v) is 12.5. The van der Waals surface area contributed by atoms with Gasteiger partial charge in [0, 0.05) is 43.1 Å². The van der Waals surface area contributed by atoms with Gasteiger partial charge in [0.15, 0.2) is 0 Å². The molecule has 0 bridgehead atoms. The number of nitrogens with one attached hydrogen (secondary N) is 1. The van der Waals surface area contributed by atoms with Gasteiger partial charge in [0.2, 0.25) is 0 Å². The molecule has 2 aromatic rings. The van der Waals surface area contributed by atoms with Crippen LogP contribution in [0.15, 0.2) is 46.7 Å². The van der Waals surface area contributed by atoms with E-state index in [-0.39, 0.29) is 0 Å². The van der Waals surface area contributed by atoms with Crippen molar-refractivity contribution in [1.82, 2.24) is 5.32 Å². The van der Waals surface area contributed by atoms with Crippen LogP contribution in [-0.4, -0.2) is 17.0 Å². The summed E-state index contributed by atoms with van der Waals surface area (Å²) in [6.07, 6.45) is 0. The summed E-state index contributed by atoms with van der Waals surface area (Å²) in [4.78, 5) is 1.39. The Balaban J connectivity index is 2.06. The Kier molecular flexibility index (Phi) is 7.60. The molecule has 120 valence electrons. The number of halogens is 1. The predicted molar refractivity (Wildman–Crippen MR) is 113 cm³/mol. The topological polar surface area (TPSA) is 12.0 Å². The Labute approximate surface area is 158 Å². The van der Waals surface area contributed by atoms with Crippen LogP contribution in [-0.2, 0) is 0 Å². The van der Waals surface area contributed by atoms with Gasteiger partial charge in [-0.25, -0.2) is 0 Å². The average Bonchev–Trinajstić information content (AvgIpc) is 2.96. The van der Waals surface area contributed by atoms with Crippen LogP contribution in [0.25, 0.3) is 0 Å². The van der Waals surface area contributed by atoms with Gasteiger partial charge in [-0.05, 0) is 26.6 Å². The van der Waals surface area contributed by atoms with Crippen molar-refractivity contribution in [3.05, 3.63) is 52.9 Å². The molecule has 1 unspecified atom stereocenters. The normalized spacial score (nSPS) is 13.3. The summed E-state index contributed by atoms with van der Waals surface area (Å²) in [7, 11) is 1.79. The van der Waals surface area contributed by atoms with Crippen LogP contribution in [0.4, 0.5) is 0 Å². The molecule has 0 aliphatic rings. The first kappa shape index (κ1) is 18.6. The van der Waals surface area contributed by atoms with E-state index in [2.05, 4.69) is 89.8 Å². The van der Waals surface area contributed by atoms with E-state index in [9.17, 15) is 0 Å². The Hall–Kier alpha value is 0.310. The smallest absolute Gasteiger partial charge is 0.0705 e. The minimum atomic E-state index is 0.295. The van der Waals surface area contributed by atoms with Gasteiger partial charge in [-0.2, -0.15) is 11.8 Å². The van der Waals surface area contributed by atoms with Crippen molar-refractivity contribution in [2.45, 2.75) is 35.8 Å². The molecule has 0 fully saturated rings. The molecule has 0 saturated heterocycles. The maximum Gasteiger partial charge on any atom is 0.0705 e. The van der Waals surface area contributed by atoms with Gasteiger partial charge in [-0.3, -0.25) is 0 Å². The summed E-state index contributed by atoms with van der Waals surface area (Å²) in [6.45, 7) is 7.84. The fourth-order valence-electron chi connectivity index (χ4n) is 2.12. The highest BCUT2D eigenvalue weighted by molar-refractivity contribution is 14.2. The third-order valence-electron chi connectivity index (χ3n) is 3.08. The number of thioether (sulfide) groups is 1. The Morgan fingerprint density at radius 3 is 2.45 bits per heavy atom. The van der Waals surface area contributed by atoms with Crippen LogP contribution in [0.3, 0.4) is 0 Å². The molecule has 1 heterocycles. The molecule has 0 radical (unpaired) electrons. The highest BCUT2D eigenvalue weighted by atomic mass is 127. The molecule has 5 heteroatoms. The maximum absolute atomic E-state index is 3.74. The number of hydrogen-bond donors (Lipinski definition) is 1. The van der Waals surface area contributed by atoms with Crippen molar-refractivity contribution < 1.29 is 0 Å². The van der Waals surface area contributed by atoms with Gasteiger partial charge in [-0.1, -0.05) is 51.1 Å². The monoisotopic (exact) mass is 463 g/mol. The molecule has 1 aromatic carbocycles. The molecular formula is C17H22INS3. The van der Waals surface area contributed by atoms with Gasteiger partial charge >= 0.3 is 0 Å². The van der Waals surface area contributed by atoms with E-state index in [1.807, 2.05) is 23.1 Å². The van der Waals surface area contributed by atoms with E-state index in [4.69, 9.17) is 0 Å². The van der Waals surface area contributed by atoms with E-state index in [1.54, 1.807) is 8.93 Å². The molecule has 22 heavy (non-hydrogen) atoms. The lowest BCUT2D eigenvalue weighted by atomic mass is 10.1. The summed E-state index contributed by atoms with van der Waals surface area (Å²) >= 11 is 6.25. The van der Waals surface area contributed by atoms with Gasteiger partial charge in [0.05, 0.1) is 10.3 Å². The largest absolute Gasteiger partial charge is 0.305 e. The Morgan fingerprint density at radius 1 is 1.14 bits per heavy atom. The first-order valence-electron chi connectivity index (χ1n) is 7.30. The zero-order valence-electron chi connectivity index (χ0n) is 13.1. The summed E-state index contributed by atoms with van der Waals surface area (Å²) in [5, 5.41) is 3.74. The molecular weight excluding hydrogens is 441 g/mol. The van der Waals surface area contributed by atoms with Crippen LogP contribution in [0, 0.1) is 0 Å². The minimum Gasteiger partial charge on any atom is -0.305 e. The van der Waals surface area contributed by atoms with Crippen LogP contribution in [0.5, 0.6) is 0 Å².